The molecule has 3 rings (SSSR count). The van der Waals surface area contributed by atoms with Crippen LogP contribution in [0.1, 0.15) is 16.1 Å². The van der Waals surface area contributed by atoms with Gasteiger partial charge in [0.15, 0.2) is 12.0 Å². The molecule has 0 saturated carbocycles. The second-order valence-electron chi connectivity index (χ2n) is 6.30. The van der Waals surface area contributed by atoms with Crippen LogP contribution in [0.2, 0.25) is 0 Å². The van der Waals surface area contributed by atoms with Gasteiger partial charge in [-0.05, 0) is 42.8 Å². The number of carbonyl (C=O) groups excluding carboxylic acids is 1. The monoisotopic (exact) mass is 466 g/mol. The molecular formula is C18H14N2O9S2. The van der Waals surface area contributed by atoms with E-state index in [2.05, 4.69) is 4.72 Å². The molecule has 162 valence electrons. The molecule has 2 N–H and O–H groups in total. The first-order chi connectivity index (χ1) is 14.4. The number of benzene rings is 2. The Morgan fingerprint density at radius 3 is 2.35 bits per heavy atom. The summed E-state index contributed by atoms with van der Waals surface area (Å²) >= 11 is 0. The third-order valence-electron chi connectivity index (χ3n) is 4.27. The van der Waals surface area contributed by atoms with Crippen LogP contribution < -0.4 is 4.72 Å². The van der Waals surface area contributed by atoms with Gasteiger partial charge in [0, 0.05) is 17.7 Å². The molecule has 1 aromatic heterocycles. The first-order valence-electron chi connectivity index (χ1n) is 8.37. The summed E-state index contributed by atoms with van der Waals surface area (Å²) in [5, 5.41) is 10.9. The van der Waals surface area contributed by atoms with Crippen molar-refractivity contribution in [3.05, 3.63) is 70.0 Å². The van der Waals surface area contributed by atoms with Crippen LogP contribution in [-0.4, -0.2) is 32.6 Å². The van der Waals surface area contributed by atoms with Crippen molar-refractivity contribution in [3.63, 3.8) is 0 Å². The number of hydrogen-bond donors (Lipinski definition) is 2. The van der Waals surface area contributed by atoms with E-state index in [1.807, 2.05) is 0 Å². The smallest absolute Gasteiger partial charge is 0.294 e. The van der Waals surface area contributed by atoms with Crippen LogP contribution in [0.15, 0.2) is 62.7 Å². The second kappa shape index (κ2) is 7.94. The van der Waals surface area contributed by atoms with Crippen LogP contribution in [0.4, 0.5) is 11.4 Å². The van der Waals surface area contributed by atoms with Crippen LogP contribution in [0.25, 0.3) is 11.3 Å². The number of rotatable bonds is 7. The van der Waals surface area contributed by atoms with Crippen LogP contribution in [0.5, 0.6) is 0 Å². The van der Waals surface area contributed by atoms with Crippen molar-refractivity contribution in [2.75, 3.05) is 4.72 Å². The van der Waals surface area contributed by atoms with Crippen molar-refractivity contribution < 1.29 is 35.5 Å². The van der Waals surface area contributed by atoms with Gasteiger partial charge in [-0.15, -0.1) is 0 Å². The molecule has 0 unspecified atom stereocenters. The molecule has 2 aromatic carbocycles. The van der Waals surface area contributed by atoms with Gasteiger partial charge in [-0.2, -0.15) is 8.42 Å². The summed E-state index contributed by atoms with van der Waals surface area (Å²) in [6.07, 6.45) is 0.428. The lowest BCUT2D eigenvalue weighted by Gasteiger charge is -2.14. The van der Waals surface area contributed by atoms with Crippen molar-refractivity contribution >= 4 is 37.8 Å². The normalized spacial score (nSPS) is 11.8. The van der Waals surface area contributed by atoms with Crippen molar-refractivity contribution in [3.8, 4) is 11.3 Å². The summed E-state index contributed by atoms with van der Waals surface area (Å²) in [6.45, 7) is 1.46. The number of sulfonamides is 1. The molecule has 13 heteroatoms. The van der Waals surface area contributed by atoms with E-state index in [-0.39, 0.29) is 28.3 Å². The topological polar surface area (TPSA) is 174 Å². The van der Waals surface area contributed by atoms with Crippen molar-refractivity contribution in [1.82, 2.24) is 0 Å². The molecule has 11 nitrogen and oxygen atoms in total. The first-order valence-corrected chi connectivity index (χ1v) is 11.3. The highest BCUT2D eigenvalue weighted by Gasteiger charge is 2.23. The number of nitrogens with one attached hydrogen (secondary N) is 1. The average molecular weight is 466 g/mol. The molecule has 0 saturated heterocycles. The number of nitro groups is 1. The molecule has 31 heavy (non-hydrogen) atoms. The molecular weight excluding hydrogens is 452 g/mol. The molecule has 0 radical (unpaired) electrons. The number of non-ortho nitro benzene ring substituents is 1. The molecule has 3 aromatic rings. The lowest BCUT2D eigenvalue weighted by atomic mass is 10.0. The number of furan rings is 1. The zero-order valence-corrected chi connectivity index (χ0v) is 17.3. The Hall–Kier alpha value is -3.55. The number of nitrogens with zero attached hydrogens (tertiary/aromatic N) is 1. The summed E-state index contributed by atoms with van der Waals surface area (Å²) in [4.78, 5) is 20.0. The van der Waals surface area contributed by atoms with Crippen LogP contribution >= 0.6 is 0 Å². The predicted octanol–water partition coefficient (Wildman–Crippen LogP) is 3.02. The van der Waals surface area contributed by atoms with Gasteiger partial charge in [0.25, 0.3) is 25.8 Å². The van der Waals surface area contributed by atoms with Crippen molar-refractivity contribution in [2.24, 2.45) is 0 Å². The molecule has 1 heterocycles. The van der Waals surface area contributed by atoms with Gasteiger partial charge in [-0.1, -0.05) is 6.07 Å². The van der Waals surface area contributed by atoms with Crippen LogP contribution in [-0.2, 0) is 20.1 Å². The van der Waals surface area contributed by atoms with E-state index in [0.29, 0.717) is 6.29 Å². The number of nitro benzene ring substituents is 1. The van der Waals surface area contributed by atoms with Gasteiger partial charge < -0.3 is 4.42 Å². The Morgan fingerprint density at radius 2 is 1.77 bits per heavy atom. The zero-order chi connectivity index (χ0) is 23.0. The predicted molar refractivity (Wildman–Crippen MR) is 108 cm³/mol. The minimum Gasteiger partial charge on any atom is -0.453 e. The highest BCUT2D eigenvalue weighted by atomic mass is 32.2. The molecule has 0 amide bonds. The Bertz CT molecular complexity index is 1410. The van der Waals surface area contributed by atoms with E-state index >= 15 is 0 Å². The molecule has 0 atom stereocenters. The van der Waals surface area contributed by atoms with E-state index in [9.17, 15) is 36.3 Å². The highest BCUT2D eigenvalue weighted by molar-refractivity contribution is 7.92. The van der Waals surface area contributed by atoms with Crippen LogP contribution in [0.3, 0.4) is 0 Å². The summed E-state index contributed by atoms with van der Waals surface area (Å²) in [5.74, 6) is 0.00582. The van der Waals surface area contributed by atoms with E-state index in [1.54, 1.807) is 0 Å². The van der Waals surface area contributed by atoms with E-state index in [1.165, 1.54) is 25.1 Å². The maximum atomic E-state index is 12.8. The quantitative estimate of drug-likeness (QED) is 0.229. The second-order valence-corrected chi connectivity index (χ2v) is 9.40. The van der Waals surface area contributed by atoms with E-state index in [4.69, 9.17) is 4.42 Å². The minimum absolute atomic E-state index is 0.0506. The van der Waals surface area contributed by atoms with Gasteiger partial charge in [0.1, 0.15) is 5.76 Å². The number of hydrogen-bond acceptors (Lipinski definition) is 8. The fourth-order valence-electron chi connectivity index (χ4n) is 2.73. The maximum Gasteiger partial charge on any atom is 0.294 e. The SMILES string of the molecule is Cc1c(NS(=O)(=O)c2cccc([N+](=O)[O-])c2)cc(S(=O)(=O)O)cc1-c1ccc(C=O)o1. The molecule has 0 fully saturated rings. The molecule has 0 bridgehead atoms. The fraction of sp³-hybridized carbons (Fsp3) is 0.0556. The summed E-state index contributed by atoms with van der Waals surface area (Å²) in [6, 6.07) is 8.92. The Kier molecular flexibility index (Phi) is 5.67. The number of carbonyl (C=O) groups is 1. The minimum atomic E-state index is -4.74. The molecule has 0 aliphatic carbocycles. The van der Waals surface area contributed by atoms with Gasteiger partial charge >= 0.3 is 0 Å². The zero-order valence-electron chi connectivity index (χ0n) is 15.7. The van der Waals surface area contributed by atoms with Gasteiger partial charge in [0.05, 0.1) is 20.4 Å². The summed E-state index contributed by atoms with van der Waals surface area (Å²) in [5.41, 5.74) is -0.363. The van der Waals surface area contributed by atoms with Gasteiger partial charge in [-0.25, -0.2) is 8.42 Å². The van der Waals surface area contributed by atoms with Crippen LogP contribution in [0, 0.1) is 17.0 Å². The van der Waals surface area contributed by atoms with Gasteiger partial charge in [0.2, 0.25) is 0 Å². The Balaban J connectivity index is 2.16. The number of aldehydes is 1. The molecule has 0 aliphatic rings. The highest BCUT2D eigenvalue weighted by Crippen LogP contribution is 2.34. The summed E-state index contributed by atoms with van der Waals surface area (Å²) in [7, 11) is -9.12. The Labute approximate surface area is 176 Å². The van der Waals surface area contributed by atoms with Crippen molar-refractivity contribution in [2.45, 2.75) is 16.7 Å². The number of anilines is 1. The largest absolute Gasteiger partial charge is 0.453 e. The Morgan fingerprint density at radius 1 is 1.06 bits per heavy atom. The lowest BCUT2D eigenvalue weighted by Crippen LogP contribution is -2.15. The third-order valence-corrected chi connectivity index (χ3v) is 6.47. The standard InChI is InChI=1S/C18H14N2O9S2/c1-11-16(18-6-5-13(10-21)29-18)8-15(31(26,27)28)9-17(11)19-30(24,25)14-4-2-3-12(7-14)20(22)23/h2-10,19H,1H3,(H,26,27,28). The molecule has 0 spiro atoms. The van der Waals surface area contributed by atoms with E-state index < -0.39 is 40.5 Å². The maximum absolute atomic E-state index is 12.8. The first kappa shape index (κ1) is 22.1. The van der Waals surface area contributed by atoms with E-state index in [0.717, 1.165) is 30.3 Å². The molecule has 0 aliphatic heterocycles. The lowest BCUT2D eigenvalue weighted by molar-refractivity contribution is -0.385. The van der Waals surface area contributed by atoms with Crippen molar-refractivity contribution in [1.29, 1.82) is 0 Å². The fourth-order valence-corrected chi connectivity index (χ4v) is 4.41. The van der Waals surface area contributed by atoms with Gasteiger partial charge in [-0.3, -0.25) is 24.2 Å². The summed E-state index contributed by atoms with van der Waals surface area (Å²) < 4.78 is 65.9. The third kappa shape index (κ3) is 4.63. The average Bonchev–Trinajstić information content (AvgIpc) is 3.17.